The van der Waals surface area contributed by atoms with E-state index in [4.69, 9.17) is 9.94 Å². The van der Waals surface area contributed by atoms with Crippen LogP contribution in [0.25, 0.3) is 0 Å². The minimum atomic E-state index is -0.597. The van der Waals surface area contributed by atoms with Crippen molar-refractivity contribution in [3.8, 4) is 5.75 Å². The van der Waals surface area contributed by atoms with E-state index in [1.54, 1.807) is 28.6 Å². The number of carbonyl (C=O) groups is 2. The Hall–Kier alpha value is -2.51. The number of hydrogen-bond donors (Lipinski definition) is 2. The van der Waals surface area contributed by atoms with Gasteiger partial charge in [-0.05, 0) is 31.5 Å². The van der Waals surface area contributed by atoms with E-state index in [0.29, 0.717) is 30.8 Å². The third-order valence-electron chi connectivity index (χ3n) is 4.43. The molecule has 0 aromatic heterocycles. The van der Waals surface area contributed by atoms with Crippen molar-refractivity contribution >= 4 is 25.3 Å². The van der Waals surface area contributed by atoms with E-state index >= 15 is 0 Å². The summed E-state index contributed by atoms with van der Waals surface area (Å²) in [5.74, 6) is -0.000768. The highest BCUT2D eigenvalue weighted by molar-refractivity contribution is 7.59. The first kappa shape index (κ1) is 20.8. The van der Waals surface area contributed by atoms with Gasteiger partial charge in [0.05, 0.1) is 13.0 Å². The molecule has 1 atom stereocenters. The van der Waals surface area contributed by atoms with E-state index in [9.17, 15) is 9.59 Å². The molecule has 0 aliphatic carbocycles. The average Bonchev–Trinajstić information content (AvgIpc) is 2.80. The molecule has 144 valence electrons. The number of benzene rings is 2. The van der Waals surface area contributed by atoms with E-state index in [1.165, 1.54) is 0 Å². The molecule has 0 radical (unpaired) electrons. The Labute approximate surface area is 165 Å². The molecule has 0 saturated heterocycles. The molecule has 0 fully saturated rings. The van der Waals surface area contributed by atoms with Crippen LogP contribution in [0.5, 0.6) is 5.75 Å². The van der Waals surface area contributed by atoms with Crippen molar-refractivity contribution in [2.45, 2.75) is 32.9 Å². The number of nitrogens with zero attached hydrogens (tertiary/aromatic N) is 1. The third kappa shape index (κ3) is 5.02. The van der Waals surface area contributed by atoms with Gasteiger partial charge in [-0.15, -0.1) is 0 Å². The van der Waals surface area contributed by atoms with Gasteiger partial charge in [-0.1, -0.05) is 35.9 Å². The first-order valence-electron chi connectivity index (χ1n) is 8.53. The van der Waals surface area contributed by atoms with Crippen molar-refractivity contribution in [2.75, 3.05) is 6.54 Å². The van der Waals surface area contributed by atoms with Gasteiger partial charge in [0.25, 0.3) is 5.91 Å². The standard InChI is InChI=1S/C20H22N2O4.H2S/c1-13-3-5-15(6-4-13)9-19(23)22-11-14(2)26-18-10-16(20(24)21-25)7-8-17(18)12-22;/h3-8,10,14,25H,9,11-12H2,1-2H3,(H,21,24);1H2/t14-;/m0./s1. The summed E-state index contributed by atoms with van der Waals surface area (Å²) in [6.07, 6.45) is 0.138. The average molecular weight is 388 g/mol. The lowest BCUT2D eigenvalue weighted by atomic mass is 10.1. The third-order valence-corrected chi connectivity index (χ3v) is 4.43. The molecule has 1 aliphatic rings. The van der Waals surface area contributed by atoms with E-state index < -0.39 is 5.91 Å². The summed E-state index contributed by atoms with van der Waals surface area (Å²) in [4.78, 5) is 26.1. The van der Waals surface area contributed by atoms with Crippen LogP contribution in [-0.4, -0.2) is 34.6 Å². The van der Waals surface area contributed by atoms with Crippen LogP contribution in [0, 0.1) is 6.92 Å². The van der Waals surface area contributed by atoms with Gasteiger partial charge in [-0.2, -0.15) is 13.5 Å². The monoisotopic (exact) mass is 388 g/mol. The van der Waals surface area contributed by atoms with E-state index in [-0.39, 0.29) is 25.5 Å². The predicted molar refractivity (Wildman–Crippen MR) is 106 cm³/mol. The molecule has 2 amide bonds. The molecule has 6 nitrogen and oxygen atoms in total. The zero-order valence-corrected chi connectivity index (χ0v) is 16.4. The summed E-state index contributed by atoms with van der Waals surface area (Å²) >= 11 is 0. The number of fused-ring (bicyclic) bond motifs is 1. The van der Waals surface area contributed by atoms with Crippen LogP contribution in [0.2, 0.25) is 0 Å². The minimum Gasteiger partial charge on any atom is -0.488 e. The van der Waals surface area contributed by atoms with Crippen LogP contribution in [-0.2, 0) is 17.8 Å². The molecule has 27 heavy (non-hydrogen) atoms. The Kier molecular flexibility index (Phi) is 6.87. The van der Waals surface area contributed by atoms with Crippen molar-refractivity contribution in [1.82, 2.24) is 10.4 Å². The Morgan fingerprint density at radius 1 is 1.22 bits per heavy atom. The van der Waals surface area contributed by atoms with Gasteiger partial charge in [-0.25, -0.2) is 5.48 Å². The fraction of sp³-hybridized carbons (Fsp3) is 0.300. The van der Waals surface area contributed by atoms with E-state index in [2.05, 4.69) is 0 Å². The second-order valence-corrected chi connectivity index (χ2v) is 6.63. The first-order valence-corrected chi connectivity index (χ1v) is 8.53. The Balaban J connectivity index is 0.00000261. The molecule has 2 aromatic carbocycles. The summed E-state index contributed by atoms with van der Waals surface area (Å²) in [5.41, 5.74) is 4.89. The molecule has 0 bridgehead atoms. The van der Waals surface area contributed by atoms with E-state index in [0.717, 1.165) is 16.7 Å². The highest BCUT2D eigenvalue weighted by Crippen LogP contribution is 2.27. The molecule has 0 spiro atoms. The van der Waals surface area contributed by atoms with Crippen molar-refractivity contribution < 1.29 is 19.5 Å². The molecule has 3 rings (SSSR count). The fourth-order valence-corrected chi connectivity index (χ4v) is 3.02. The lowest BCUT2D eigenvalue weighted by Gasteiger charge is -2.22. The second kappa shape index (κ2) is 8.92. The maximum absolute atomic E-state index is 12.8. The second-order valence-electron chi connectivity index (χ2n) is 6.63. The summed E-state index contributed by atoms with van der Waals surface area (Å²) in [7, 11) is 0. The lowest BCUT2D eigenvalue weighted by Crippen LogP contribution is -2.36. The molecule has 2 aromatic rings. The number of aryl methyl sites for hydroxylation is 1. The number of rotatable bonds is 3. The zero-order chi connectivity index (χ0) is 18.7. The number of hydroxylamine groups is 1. The number of hydrogen-bond acceptors (Lipinski definition) is 4. The fourth-order valence-electron chi connectivity index (χ4n) is 3.02. The molecule has 0 unspecified atom stereocenters. The van der Waals surface area contributed by atoms with Crippen LogP contribution in [0.4, 0.5) is 0 Å². The zero-order valence-electron chi connectivity index (χ0n) is 15.4. The maximum Gasteiger partial charge on any atom is 0.274 e. The molecule has 2 N–H and O–H groups in total. The van der Waals surface area contributed by atoms with Crippen LogP contribution in [0.3, 0.4) is 0 Å². The Morgan fingerprint density at radius 2 is 1.93 bits per heavy atom. The highest BCUT2D eigenvalue weighted by Gasteiger charge is 2.24. The van der Waals surface area contributed by atoms with Gasteiger partial charge in [0.2, 0.25) is 5.91 Å². The number of carbonyl (C=O) groups excluding carboxylic acids is 2. The topological polar surface area (TPSA) is 78.9 Å². The van der Waals surface area contributed by atoms with Gasteiger partial charge in [-0.3, -0.25) is 14.8 Å². The minimum absolute atomic E-state index is 0. The summed E-state index contributed by atoms with van der Waals surface area (Å²) in [6, 6.07) is 12.9. The van der Waals surface area contributed by atoms with Crippen LogP contribution in [0.15, 0.2) is 42.5 Å². The molecule has 0 saturated carbocycles. The number of ether oxygens (including phenoxy) is 1. The van der Waals surface area contributed by atoms with Crippen LogP contribution >= 0.6 is 13.5 Å². The normalized spacial score (nSPS) is 15.7. The lowest BCUT2D eigenvalue weighted by molar-refractivity contribution is -0.131. The van der Waals surface area contributed by atoms with Crippen LogP contribution in [0.1, 0.15) is 34.0 Å². The molecule has 1 aliphatic heterocycles. The summed E-state index contributed by atoms with van der Waals surface area (Å²) in [6.45, 7) is 4.80. The van der Waals surface area contributed by atoms with Gasteiger partial charge < -0.3 is 9.64 Å². The molecule has 7 heteroatoms. The van der Waals surface area contributed by atoms with E-state index in [1.807, 2.05) is 38.1 Å². The summed E-state index contributed by atoms with van der Waals surface area (Å²) < 4.78 is 5.88. The van der Waals surface area contributed by atoms with Crippen molar-refractivity contribution in [1.29, 1.82) is 0 Å². The first-order chi connectivity index (χ1) is 12.5. The highest BCUT2D eigenvalue weighted by atomic mass is 32.1. The Bertz CT molecular complexity index is 823. The SMILES string of the molecule is Cc1ccc(CC(=O)N2Cc3ccc(C(=O)NO)cc3O[C@@H](C)C2)cc1.S. The molecular formula is C20H24N2O4S. The quantitative estimate of drug-likeness (QED) is 0.626. The van der Waals surface area contributed by atoms with Crippen molar-refractivity contribution in [3.63, 3.8) is 0 Å². The molecule has 1 heterocycles. The molecular weight excluding hydrogens is 364 g/mol. The largest absolute Gasteiger partial charge is 0.488 e. The van der Waals surface area contributed by atoms with Crippen molar-refractivity contribution in [3.05, 3.63) is 64.7 Å². The number of amides is 2. The Morgan fingerprint density at radius 3 is 2.59 bits per heavy atom. The van der Waals surface area contributed by atoms with Gasteiger partial charge >= 0.3 is 0 Å². The van der Waals surface area contributed by atoms with Gasteiger partial charge in [0.15, 0.2) is 0 Å². The maximum atomic E-state index is 12.8. The van der Waals surface area contributed by atoms with Crippen LogP contribution < -0.4 is 10.2 Å². The number of nitrogens with one attached hydrogen (secondary N) is 1. The summed E-state index contributed by atoms with van der Waals surface area (Å²) in [5, 5.41) is 8.78. The smallest absolute Gasteiger partial charge is 0.274 e. The van der Waals surface area contributed by atoms with Gasteiger partial charge in [0.1, 0.15) is 11.9 Å². The predicted octanol–water partition coefficient (Wildman–Crippen LogP) is 2.58. The van der Waals surface area contributed by atoms with Crippen molar-refractivity contribution in [2.24, 2.45) is 0 Å². The van der Waals surface area contributed by atoms with Gasteiger partial charge in [0, 0.05) is 17.7 Å².